The van der Waals surface area contributed by atoms with Crippen molar-refractivity contribution in [2.24, 2.45) is 0 Å². The van der Waals surface area contributed by atoms with Crippen LogP contribution in [0.2, 0.25) is 0 Å². The number of hydrogen-bond acceptors (Lipinski definition) is 9. The van der Waals surface area contributed by atoms with Gasteiger partial charge >= 0.3 is 0 Å². The Kier molecular flexibility index (Phi) is 29.6. The van der Waals surface area contributed by atoms with Crippen molar-refractivity contribution in [3.63, 3.8) is 0 Å². The summed E-state index contributed by atoms with van der Waals surface area (Å²) < 4.78 is 10.9. The quantitative estimate of drug-likeness (QED) is 0.0889. The normalized spacial score (nSPS) is 16.3. The Morgan fingerprint density at radius 3 is 0.719 bits per heavy atom. The first-order valence-electron chi connectivity index (χ1n) is 48.4. The minimum atomic E-state index is 0.173. The van der Waals surface area contributed by atoms with E-state index >= 15 is 0 Å². The number of rotatable bonds is 9. The molecule has 5 N–H and O–H groups in total. The molecule has 0 spiro atoms. The highest BCUT2D eigenvalue weighted by atomic mass is 35.5. The van der Waals surface area contributed by atoms with E-state index in [-0.39, 0.29) is 16.9 Å². The molecule has 14 aromatic rings. The van der Waals surface area contributed by atoms with Gasteiger partial charge in [0.1, 0.15) is 40.2 Å². The van der Waals surface area contributed by atoms with Gasteiger partial charge in [-0.15, -0.1) is 11.6 Å². The lowest BCUT2D eigenvalue weighted by Crippen LogP contribution is -1.93. The lowest BCUT2D eigenvalue weighted by Gasteiger charge is -2.13. The zero-order chi connectivity index (χ0) is 96.4. The number of hydrogen-bond donors (Lipinski definition) is 5. The van der Waals surface area contributed by atoms with Gasteiger partial charge in [0.05, 0.1) is 19.6 Å². The number of benzene rings is 14. The second-order valence-electron chi connectivity index (χ2n) is 39.5. The first-order valence-corrected chi connectivity index (χ1v) is 48.9. The van der Waals surface area contributed by atoms with E-state index in [1.165, 1.54) is 185 Å². The monoisotopic (exact) mass is 1810 g/mol. The molecule has 135 heavy (non-hydrogen) atoms. The summed E-state index contributed by atoms with van der Waals surface area (Å²) in [7, 11) is 3.45. The fraction of sp³-hybridized carbons (Fsp3) is 0.312. The van der Waals surface area contributed by atoms with Crippen molar-refractivity contribution in [2.75, 3.05) is 14.2 Å². The smallest absolute Gasteiger partial charge is 0.163 e. The van der Waals surface area contributed by atoms with Crippen molar-refractivity contribution >= 4 is 23.2 Å². The number of halogens is 1. The molecule has 0 saturated carbocycles. The molecule has 21 rings (SSSR count). The molecule has 694 valence electrons. The third-order valence-electron chi connectivity index (χ3n) is 29.4. The largest absolute Gasteiger partial charge is 0.507 e. The van der Waals surface area contributed by atoms with Crippen molar-refractivity contribution in [1.29, 1.82) is 0 Å². The molecular formula is C125H133ClO9. The maximum absolute atomic E-state index is 11.7. The maximum Gasteiger partial charge on any atom is 0.163 e. The minimum Gasteiger partial charge on any atom is -0.507 e. The number of ether oxygens (including phenoxy) is 2. The Balaban J connectivity index is 0.000000120. The van der Waals surface area contributed by atoms with Crippen molar-refractivity contribution in [3.8, 4) is 118 Å². The zero-order valence-corrected chi connectivity index (χ0v) is 83.5. The van der Waals surface area contributed by atoms with Crippen LogP contribution in [0.15, 0.2) is 212 Å². The van der Waals surface area contributed by atoms with E-state index in [1.54, 1.807) is 14.2 Å². The Labute approximate surface area is 806 Å². The van der Waals surface area contributed by atoms with Gasteiger partial charge in [0.15, 0.2) is 11.6 Å². The molecule has 0 radical (unpaired) electrons. The summed E-state index contributed by atoms with van der Waals surface area (Å²) in [6.45, 7) is 37.0. The second-order valence-corrected chi connectivity index (χ2v) is 40.0. The minimum absolute atomic E-state index is 0.173. The van der Waals surface area contributed by atoms with Crippen LogP contribution >= 0.6 is 11.6 Å². The van der Waals surface area contributed by atoms with Crippen LogP contribution in [0.5, 0.6) is 40.2 Å². The standard InChI is InChI=1S/C19H22O.C18H18O2.3C18H20O.C17H17ClO.C17H16O2/c1-12-5-6-16-11-15(7-8-18(12)16)17-9-13(2)19(20-4)14(3)10-17;1-11-8-15(9-12(2)18(11)20-3)13-4-6-16-14(10-13)5-7-17(16)19;2*1-11-4-5-15-10-14(6-7-17(11)15)16-8-12(2)18(19)13(3)9-16;1-11-4-5-14-6-7-15(10-17(11)14)16-8-12(2)18(19)13(3)9-16;2*1-10-7-14(8-11(2)17(10)19)12-3-5-15-13(9-12)4-6-16(15)18/h7-12H,5-6H2,1-4H3;4,6,8-10H,5,7H2,1-3H3;3*6-11,19H,4-5H2,1-3H3;3,5,7-9,16,19H,4,6H2,1-2H3;3,5,7-9,19H,4,6H2,1-2H3. The van der Waals surface area contributed by atoms with Crippen molar-refractivity contribution in [2.45, 2.75) is 244 Å². The molecule has 0 bridgehead atoms. The Morgan fingerprint density at radius 1 is 0.222 bits per heavy atom. The van der Waals surface area contributed by atoms with Gasteiger partial charge in [0.25, 0.3) is 0 Å². The second kappa shape index (κ2) is 41.3. The number of carbonyl (C=O) groups is 2. The van der Waals surface area contributed by atoms with Gasteiger partial charge in [-0.1, -0.05) is 155 Å². The van der Waals surface area contributed by atoms with Gasteiger partial charge in [-0.25, -0.2) is 0 Å². The maximum atomic E-state index is 11.7. The number of phenols is 5. The van der Waals surface area contributed by atoms with E-state index in [4.69, 9.17) is 21.1 Å². The third kappa shape index (κ3) is 21.2. The Hall–Kier alpha value is -12.7. The van der Waals surface area contributed by atoms with Crippen LogP contribution < -0.4 is 9.47 Å². The van der Waals surface area contributed by atoms with Crippen molar-refractivity contribution in [3.05, 3.63) is 368 Å². The number of aromatic hydroxyl groups is 5. The number of fused-ring (bicyclic) bond motifs is 7. The highest BCUT2D eigenvalue weighted by molar-refractivity contribution is 6.21. The van der Waals surface area contributed by atoms with E-state index in [0.717, 1.165) is 143 Å². The van der Waals surface area contributed by atoms with E-state index in [2.05, 4.69) is 219 Å². The van der Waals surface area contributed by atoms with Crippen LogP contribution in [0.3, 0.4) is 0 Å². The number of methoxy groups -OCH3 is 2. The molecule has 7 aliphatic rings. The molecule has 5 unspecified atom stereocenters. The Morgan fingerprint density at radius 2 is 0.437 bits per heavy atom. The number of phenolic OH excluding ortho intramolecular Hbond substituents is 5. The Bertz CT molecular complexity index is 6480. The van der Waals surface area contributed by atoms with E-state index < -0.39 is 0 Å². The van der Waals surface area contributed by atoms with E-state index in [9.17, 15) is 35.1 Å². The van der Waals surface area contributed by atoms with Crippen LogP contribution in [-0.4, -0.2) is 51.3 Å². The molecule has 14 aromatic carbocycles. The van der Waals surface area contributed by atoms with E-state index in [0.29, 0.717) is 59.3 Å². The number of carbonyl (C=O) groups excluding carboxylic acids is 2. The average molecular weight is 1810 g/mol. The van der Waals surface area contributed by atoms with Gasteiger partial charge in [0.2, 0.25) is 0 Å². The van der Waals surface area contributed by atoms with Gasteiger partial charge in [-0.05, 0) is 505 Å². The van der Waals surface area contributed by atoms with Gasteiger partial charge in [-0.3, -0.25) is 9.59 Å². The van der Waals surface area contributed by atoms with Gasteiger partial charge < -0.3 is 35.0 Å². The molecule has 0 saturated heterocycles. The zero-order valence-electron chi connectivity index (χ0n) is 82.7. The molecule has 0 aliphatic heterocycles. The van der Waals surface area contributed by atoms with Crippen LogP contribution in [0, 0.1) is 96.9 Å². The topological polar surface area (TPSA) is 154 Å². The van der Waals surface area contributed by atoms with Crippen molar-refractivity contribution < 1.29 is 44.6 Å². The summed E-state index contributed by atoms with van der Waals surface area (Å²) in [6.07, 6.45) is 15.0. The number of aryl methyl sites for hydroxylation is 21. The summed E-state index contributed by atoms with van der Waals surface area (Å²) in [4.78, 5) is 23.3. The summed E-state index contributed by atoms with van der Waals surface area (Å²) in [6, 6.07) is 75.3. The first-order chi connectivity index (χ1) is 64.5. The van der Waals surface area contributed by atoms with Gasteiger partial charge in [0, 0.05) is 24.0 Å². The molecule has 0 aromatic heterocycles. The number of ketones is 2. The van der Waals surface area contributed by atoms with Crippen molar-refractivity contribution in [1.82, 2.24) is 0 Å². The molecule has 9 nitrogen and oxygen atoms in total. The third-order valence-corrected chi connectivity index (χ3v) is 29.9. The lowest BCUT2D eigenvalue weighted by molar-refractivity contribution is 0.0986. The number of Topliss-reactive ketones (excluding diaryl/α,β-unsaturated/α-hetero) is 2. The fourth-order valence-corrected chi connectivity index (χ4v) is 21.8. The molecule has 0 heterocycles. The molecule has 7 aliphatic carbocycles. The van der Waals surface area contributed by atoms with E-state index in [1.807, 2.05) is 118 Å². The fourth-order valence-electron chi connectivity index (χ4n) is 21.5. The predicted molar refractivity (Wildman–Crippen MR) is 560 cm³/mol. The first kappa shape index (κ1) is 96.9. The summed E-state index contributed by atoms with van der Waals surface area (Å²) in [5.74, 6) is 7.27. The number of alkyl halides is 1. The summed E-state index contributed by atoms with van der Waals surface area (Å²) in [5.41, 5.74) is 49.7. The van der Waals surface area contributed by atoms with Crippen LogP contribution in [-0.2, 0) is 44.9 Å². The lowest BCUT2D eigenvalue weighted by atomic mass is 9.95. The molecular weight excluding hydrogens is 1680 g/mol. The summed E-state index contributed by atoms with van der Waals surface area (Å²) in [5, 5.41) is 49.5. The molecule has 0 fully saturated rings. The van der Waals surface area contributed by atoms with Gasteiger partial charge in [-0.2, -0.15) is 0 Å². The highest BCUT2D eigenvalue weighted by Gasteiger charge is 2.28. The average Bonchev–Trinajstić information content (AvgIpc) is 1.75. The predicted octanol–water partition coefficient (Wildman–Crippen LogP) is 32.0. The highest BCUT2D eigenvalue weighted by Crippen LogP contribution is 2.46. The van der Waals surface area contributed by atoms with Crippen LogP contribution in [0.4, 0.5) is 0 Å². The summed E-state index contributed by atoms with van der Waals surface area (Å²) >= 11 is 6.28. The molecule has 0 amide bonds. The molecule has 5 atom stereocenters. The SMILES string of the molecule is COc1c(C)cc(-c2ccc3c(c2)CCC3=O)cc1C.COc1c(C)cc(-c2ccc3c(c2)CCC3C)cc1C.Cc1cc(-c2ccc3c(c2)C(C)CC3)cc(C)c1O.Cc1cc(-c2ccc3c(c2)CCC3=O)cc(C)c1O.Cc1cc(-c2ccc3c(c2)CCC3C)cc(C)c1O.Cc1cc(-c2ccc3c(c2)CCC3C)cc(C)c1O.Cc1cc(-c2ccc3c(c2)CCC3Cl)cc(C)c1O. The van der Waals surface area contributed by atoms with Crippen LogP contribution in [0.25, 0.3) is 77.9 Å². The van der Waals surface area contributed by atoms with Crippen LogP contribution in [0.1, 0.15) is 267 Å². The molecule has 10 heteroatoms.